The number of aliphatic hydroxyl groups excluding tert-OH is 1. The Kier molecular flexibility index (Phi) is 5.02. The first kappa shape index (κ1) is 15.3. The lowest BCUT2D eigenvalue weighted by molar-refractivity contribution is -0.154. The maximum Gasteiger partial charge on any atom is 0.307 e. The van der Waals surface area contributed by atoms with E-state index in [0.717, 1.165) is 38.5 Å². The minimum atomic E-state index is -0.861. The highest BCUT2D eigenvalue weighted by Crippen LogP contribution is 2.33. The maximum absolute atomic E-state index is 12.6. The van der Waals surface area contributed by atoms with E-state index in [-0.39, 0.29) is 11.9 Å². The fourth-order valence-electron chi connectivity index (χ4n) is 3.69. The molecule has 0 aliphatic heterocycles. The van der Waals surface area contributed by atoms with E-state index < -0.39 is 23.9 Å². The highest BCUT2D eigenvalue weighted by atomic mass is 16.4. The van der Waals surface area contributed by atoms with Crippen molar-refractivity contribution in [2.45, 2.75) is 63.5 Å². The van der Waals surface area contributed by atoms with E-state index in [0.29, 0.717) is 12.8 Å². The van der Waals surface area contributed by atoms with Crippen LogP contribution in [0.1, 0.15) is 51.4 Å². The topological polar surface area (TPSA) is 77.8 Å². The molecule has 2 aliphatic rings. The molecule has 2 saturated carbocycles. The minimum Gasteiger partial charge on any atom is -0.481 e. The third-order valence-corrected chi connectivity index (χ3v) is 4.94. The first-order valence-corrected chi connectivity index (χ1v) is 7.70. The van der Waals surface area contributed by atoms with E-state index >= 15 is 0 Å². The van der Waals surface area contributed by atoms with E-state index in [4.69, 9.17) is 0 Å². The first-order chi connectivity index (χ1) is 9.52. The van der Waals surface area contributed by atoms with Gasteiger partial charge in [0.25, 0.3) is 0 Å². The van der Waals surface area contributed by atoms with Gasteiger partial charge >= 0.3 is 5.97 Å². The molecule has 0 bridgehead atoms. The zero-order valence-electron chi connectivity index (χ0n) is 12.1. The number of aliphatic carboxylic acids is 1. The zero-order chi connectivity index (χ0) is 14.7. The highest BCUT2D eigenvalue weighted by Gasteiger charge is 2.39. The van der Waals surface area contributed by atoms with Gasteiger partial charge in [0, 0.05) is 7.05 Å². The van der Waals surface area contributed by atoms with Crippen molar-refractivity contribution in [3.8, 4) is 0 Å². The van der Waals surface area contributed by atoms with Gasteiger partial charge in [0.15, 0.2) is 0 Å². The van der Waals surface area contributed by atoms with Gasteiger partial charge in [-0.3, -0.25) is 9.59 Å². The number of carboxylic acid groups (broad SMARTS) is 1. The van der Waals surface area contributed by atoms with Crippen molar-refractivity contribution in [1.29, 1.82) is 0 Å². The molecular weight excluding hydrogens is 258 g/mol. The summed E-state index contributed by atoms with van der Waals surface area (Å²) < 4.78 is 0. The summed E-state index contributed by atoms with van der Waals surface area (Å²) in [6.45, 7) is 0. The van der Waals surface area contributed by atoms with Gasteiger partial charge < -0.3 is 15.1 Å². The van der Waals surface area contributed by atoms with E-state index in [1.54, 1.807) is 11.9 Å². The van der Waals surface area contributed by atoms with E-state index in [2.05, 4.69) is 0 Å². The molecule has 20 heavy (non-hydrogen) atoms. The summed E-state index contributed by atoms with van der Waals surface area (Å²) in [6.07, 6.45) is 6.15. The molecule has 2 aliphatic carbocycles. The van der Waals surface area contributed by atoms with Crippen LogP contribution in [0.5, 0.6) is 0 Å². The summed E-state index contributed by atoms with van der Waals surface area (Å²) in [6, 6.07) is -0.146. The molecule has 0 spiro atoms. The predicted molar refractivity (Wildman–Crippen MR) is 74.1 cm³/mol. The number of hydrogen-bond acceptors (Lipinski definition) is 3. The number of nitrogens with zero attached hydrogens (tertiary/aromatic N) is 1. The lowest BCUT2D eigenvalue weighted by atomic mass is 9.78. The van der Waals surface area contributed by atoms with Crippen molar-refractivity contribution in [3.05, 3.63) is 0 Å². The van der Waals surface area contributed by atoms with Gasteiger partial charge in [0.2, 0.25) is 5.91 Å². The van der Waals surface area contributed by atoms with Crippen molar-refractivity contribution in [2.24, 2.45) is 11.8 Å². The summed E-state index contributed by atoms with van der Waals surface area (Å²) in [5.74, 6) is -1.93. The summed E-state index contributed by atoms with van der Waals surface area (Å²) >= 11 is 0. The van der Waals surface area contributed by atoms with Crippen molar-refractivity contribution in [2.75, 3.05) is 7.05 Å². The van der Waals surface area contributed by atoms with Crippen molar-refractivity contribution >= 4 is 11.9 Å². The summed E-state index contributed by atoms with van der Waals surface area (Å²) in [7, 11) is 1.72. The molecule has 0 aromatic carbocycles. The molecular formula is C15H25NO4. The van der Waals surface area contributed by atoms with Crippen LogP contribution < -0.4 is 0 Å². The number of carbonyl (C=O) groups excluding carboxylic acids is 1. The molecule has 0 aromatic heterocycles. The minimum absolute atomic E-state index is 0.0944. The van der Waals surface area contributed by atoms with Gasteiger partial charge in [-0.2, -0.15) is 0 Å². The average molecular weight is 283 g/mol. The standard InChI is InChI=1S/C15H25NO4/c1-16(12-8-4-5-9-13(12)17)14(18)10-6-2-3-7-11(10)15(19)20/h10-13,17H,2-9H2,1H3,(H,19,20)/t10-,11+,12?,13?/m1/s1. The second-order valence-corrected chi connectivity index (χ2v) is 6.20. The SMILES string of the molecule is CN(C(=O)[C@@H]1CCCC[C@@H]1C(=O)O)C1CCCCC1O. The zero-order valence-corrected chi connectivity index (χ0v) is 12.1. The van der Waals surface area contributed by atoms with Crippen molar-refractivity contribution in [1.82, 2.24) is 4.90 Å². The number of carbonyl (C=O) groups is 2. The highest BCUT2D eigenvalue weighted by molar-refractivity contribution is 5.85. The van der Waals surface area contributed by atoms with Crippen LogP contribution in [0.25, 0.3) is 0 Å². The van der Waals surface area contributed by atoms with Gasteiger partial charge in [-0.25, -0.2) is 0 Å². The Morgan fingerprint density at radius 3 is 2.10 bits per heavy atom. The van der Waals surface area contributed by atoms with Gasteiger partial charge in [0.1, 0.15) is 0 Å². The van der Waals surface area contributed by atoms with Crippen LogP contribution in [0.15, 0.2) is 0 Å². The summed E-state index contributed by atoms with van der Waals surface area (Å²) in [5.41, 5.74) is 0. The number of likely N-dealkylation sites (N-methyl/N-ethyl adjacent to an activating group) is 1. The van der Waals surface area contributed by atoms with Gasteiger partial charge in [-0.1, -0.05) is 25.7 Å². The summed E-state index contributed by atoms with van der Waals surface area (Å²) in [4.78, 5) is 25.5. The molecule has 0 aromatic rings. The maximum atomic E-state index is 12.6. The number of rotatable bonds is 3. The Hall–Kier alpha value is -1.10. The van der Waals surface area contributed by atoms with Crippen LogP contribution in [-0.4, -0.2) is 46.2 Å². The summed E-state index contributed by atoms with van der Waals surface area (Å²) in [5, 5.41) is 19.3. The van der Waals surface area contributed by atoms with Crippen LogP contribution in [0.3, 0.4) is 0 Å². The van der Waals surface area contributed by atoms with Gasteiger partial charge in [-0.15, -0.1) is 0 Å². The molecule has 114 valence electrons. The smallest absolute Gasteiger partial charge is 0.307 e. The molecule has 5 heteroatoms. The fourth-order valence-corrected chi connectivity index (χ4v) is 3.69. The molecule has 1 amide bonds. The number of amides is 1. The van der Waals surface area contributed by atoms with Crippen LogP contribution in [0.4, 0.5) is 0 Å². The average Bonchev–Trinajstić information content (AvgIpc) is 2.46. The molecule has 4 atom stereocenters. The molecule has 2 N–H and O–H groups in total. The van der Waals surface area contributed by atoms with Crippen LogP contribution in [0, 0.1) is 11.8 Å². The Morgan fingerprint density at radius 1 is 0.950 bits per heavy atom. The Balaban J connectivity index is 2.06. The van der Waals surface area contributed by atoms with E-state index in [9.17, 15) is 19.8 Å². The van der Waals surface area contributed by atoms with E-state index in [1.165, 1.54) is 0 Å². The third-order valence-electron chi connectivity index (χ3n) is 4.94. The molecule has 2 rings (SSSR count). The monoisotopic (exact) mass is 283 g/mol. The van der Waals surface area contributed by atoms with Crippen LogP contribution >= 0.6 is 0 Å². The molecule has 0 radical (unpaired) electrons. The number of hydrogen-bond donors (Lipinski definition) is 2. The molecule has 0 saturated heterocycles. The first-order valence-electron chi connectivity index (χ1n) is 7.70. The van der Waals surface area contributed by atoms with E-state index in [1.807, 2.05) is 0 Å². The Labute approximate surface area is 120 Å². The largest absolute Gasteiger partial charge is 0.481 e. The molecule has 5 nitrogen and oxygen atoms in total. The Morgan fingerprint density at radius 2 is 1.50 bits per heavy atom. The molecule has 0 heterocycles. The van der Waals surface area contributed by atoms with Gasteiger partial charge in [-0.05, 0) is 25.7 Å². The second-order valence-electron chi connectivity index (χ2n) is 6.20. The van der Waals surface area contributed by atoms with Crippen LogP contribution in [0.2, 0.25) is 0 Å². The quantitative estimate of drug-likeness (QED) is 0.825. The third kappa shape index (κ3) is 3.14. The molecule has 2 fully saturated rings. The second kappa shape index (κ2) is 6.57. The van der Waals surface area contributed by atoms with Crippen molar-refractivity contribution < 1.29 is 19.8 Å². The Bertz CT molecular complexity index is 371. The fraction of sp³-hybridized carbons (Fsp3) is 0.867. The van der Waals surface area contributed by atoms with Gasteiger partial charge in [0.05, 0.1) is 24.0 Å². The lowest BCUT2D eigenvalue weighted by Gasteiger charge is -2.38. The lowest BCUT2D eigenvalue weighted by Crippen LogP contribution is -2.50. The normalized spacial score (nSPS) is 34.5. The molecule has 2 unspecified atom stereocenters. The van der Waals surface area contributed by atoms with Crippen molar-refractivity contribution in [3.63, 3.8) is 0 Å². The number of aliphatic hydroxyl groups is 1. The predicted octanol–water partition coefficient (Wildman–Crippen LogP) is 1.64. The number of carboxylic acids is 1. The van der Waals surface area contributed by atoms with Crippen LogP contribution in [-0.2, 0) is 9.59 Å².